The number of pyridine rings is 1. The van der Waals surface area contributed by atoms with Crippen LogP contribution in [-0.4, -0.2) is 10.1 Å². The van der Waals surface area contributed by atoms with Crippen LogP contribution in [0.15, 0.2) is 12.3 Å². The maximum atomic E-state index is 13.4. The van der Waals surface area contributed by atoms with Crippen molar-refractivity contribution in [3.63, 3.8) is 0 Å². The minimum absolute atomic E-state index is 0.182. The van der Waals surface area contributed by atoms with Gasteiger partial charge in [0.15, 0.2) is 0 Å². The Labute approximate surface area is 153 Å². The van der Waals surface area contributed by atoms with Gasteiger partial charge in [0.2, 0.25) is 0 Å². The lowest BCUT2D eigenvalue weighted by Gasteiger charge is -2.18. The minimum Gasteiger partial charge on any atom is -0.392 e. The molecule has 0 amide bonds. The van der Waals surface area contributed by atoms with Crippen molar-refractivity contribution in [2.75, 3.05) is 0 Å². The van der Waals surface area contributed by atoms with Gasteiger partial charge in [-0.15, -0.1) is 0 Å². The van der Waals surface area contributed by atoms with Gasteiger partial charge in [-0.05, 0) is 11.6 Å². The van der Waals surface area contributed by atoms with Gasteiger partial charge in [-0.25, -0.2) is 0 Å². The maximum Gasteiger partial charge on any atom is 0.418 e. The van der Waals surface area contributed by atoms with Crippen molar-refractivity contribution < 1.29 is 18.3 Å². The molecule has 0 aliphatic rings. The first-order valence-corrected chi connectivity index (χ1v) is 7.68. The Kier molecular flexibility index (Phi) is 5.61. The van der Waals surface area contributed by atoms with Gasteiger partial charge in [-0.1, -0.05) is 58.0 Å². The predicted molar refractivity (Wildman–Crippen MR) is 85.6 cm³/mol. The summed E-state index contributed by atoms with van der Waals surface area (Å²) in [5, 5.41) is 7.86. The summed E-state index contributed by atoms with van der Waals surface area (Å²) < 4.78 is 40.2. The molecule has 1 aromatic heterocycles. The Morgan fingerprint density at radius 1 is 0.913 bits per heavy atom. The van der Waals surface area contributed by atoms with Gasteiger partial charge in [0.05, 0.1) is 43.0 Å². The van der Waals surface area contributed by atoms with Crippen molar-refractivity contribution in [1.29, 1.82) is 0 Å². The van der Waals surface area contributed by atoms with E-state index in [1.807, 2.05) is 0 Å². The lowest BCUT2D eigenvalue weighted by atomic mass is 10.0. The maximum absolute atomic E-state index is 13.4. The molecule has 0 aliphatic heterocycles. The van der Waals surface area contributed by atoms with E-state index in [2.05, 4.69) is 4.98 Å². The Hall–Kier alpha value is -0.430. The normalized spacial score (nSPS) is 11.9. The van der Waals surface area contributed by atoms with Gasteiger partial charge in [0.1, 0.15) is 0 Å². The predicted octanol–water partition coefficient (Wildman–Crippen LogP) is 6.53. The summed E-state index contributed by atoms with van der Waals surface area (Å²) in [6.07, 6.45) is -3.73. The molecular weight excluding hydrogens is 420 g/mol. The molecule has 2 aromatic rings. The average molecular weight is 425 g/mol. The number of benzene rings is 1. The second-order valence-electron chi connectivity index (χ2n) is 4.29. The van der Waals surface area contributed by atoms with Gasteiger partial charge >= 0.3 is 6.18 Å². The molecule has 0 fully saturated rings. The van der Waals surface area contributed by atoms with Crippen molar-refractivity contribution in [1.82, 2.24) is 4.98 Å². The molecule has 0 aliphatic carbocycles. The first-order valence-electron chi connectivity index (χ1n) is 5.79. The molecule has 1 N–H and O–H groups in total. The van der Waals surface area contributed by atoms with E-state index in [9.17, 15) is 18.3 Å². The molecule has 0 saturated carbocycles. The SMILES string of the molecule is OCc1ccnc(-c2c(Cl)c(Cl)c(Cl)c(Cl)c2Cl)c1C(F)(F)F. The number of aliphatic hydroxyl groups excluding tert-OH is 1. The summed E-state index contributed by atoms with van der Waals surface area (Å²) in [5.41, 5.74) is -2.48. The van der Waals surface area contributed by atoms with Crippen molar-refractivity contribution in [2.24, 2.45) is 0 Å². The molecular formula is C13H5Cl5F3NO. The number of hydrogen-bond donors (Lipinski definition) is 1. The van der Waals surface area contributed by atoms with Crippen LogP contribution in [0.4, 0.5) is 13.2 Å². The zero-order valence-electron chi connectivity index (χ0n) is 10.8. The van der Waals surface area contributed by atoms with E-state index >= 15 is 0 Å². The molecule has 124 valence electrons. The minimum atomic E-state index is -4.81. The topological polar surface area (TPSA) is 33.1 Å². The lowest BCUT2D eigenvalue weighted by Crippen LogP contribution is -2.13. The van der Waals surface area contributed by atoms with E-state index in [-0.39, 0.29) is 30.7 Å². The van der Waals surface area contributed by atoms with Crippen molar-refractivity contribution >= 4 is 58.0 Å². The van der Waals surface area contributed by atoms with Crippen LogP contribution in [0.5, 0.6) is 0 Å². The third-order valence-corrected chi connectivity index (χ3v) is 5.21. The van der Waals surface area contributed by atoms with E-state index < -0.39 is 29.6 Å². The zero-order chi connectivity index (χ0) is 17.5. The van der Waals surface area contributed by atoms with Crippen molar-refractivity contribution in [3.05, 3.63) is 48.5 Å². The second-order valence-corrected chi connectivity index (χ2v) is 6.18. The number of halogens is 8. The molecule has 0 bridgehead atoms. The number of aliphatic hydroxyl groups is 1. The number of rotatable bonds is 2. The molecule has 2 nitrogen and oxygen atoms in total. The van der Waals surface area contributed by atoms with Crippen molar-refractivity contribution in [2.45, 2.75) is 12.8 Å². The van der Waals surface area contributed by atoms with Crippen LogP contribution < -0.4 is 0 Å². The van der Waals surface area contributed by atoms with Crippen LogP contribution in [0, 0.1) is 0 Å². The van der Waals surface area contributed by atoms with E-state index in [0.717, 1.165) is 12.3 Å². The summed E-state index contributed by atoms with van der Waals surface area (Å²) in [6.45, 7) is -0.853. The van der Waals surface area contributed by atoms with Crippen LogP contribution in [0.25, 0.3) is 11.3 Å². The summed E-state index contributed by atoms with van der Waals surface area (Å²) in [5.74, 6) is 0. The summed E-state index contributed by atoms with van der Waals surface area (Å²) in [6, 6.07) is 1.03. The van der Waals surface area contributed by atoms with E-state index in [1.54, 1.807) is 0 Å². The highest BCUT2D eigenvalue weighted by molar-refractivity contribution is 6.56. The fraction of sp³-hybridized carbons (Fsp3) is 0.154. The van der Waals surface area contributed by atoms with Crippen molar-refractivity contribution in [3.8, 4) is 11.3 Å². The first kappa shape index (κ1) is 18.9. The molecule has 1 heterocycles. The molecule has 0 atom stereocenters. The van der Waals surface area contributed by atoms with E-state index in [0.29, 0.717) is 0 Å². The molecule has 0 unspecified atom stereocenters. The third kappa shape index (κ3) is 3.36. The monoisotopic (exact) mass is 423 g/mol. The highest BCUT2D eigenvalue weighted by Crippen LogP contribution is 2.50. The standard InChI is InChI=1S/C13H5Cl5F3NO/c14-7-5(8(15)10(17)11(18)9(7)16)12-6(13(19,20)21)4(3-23)1-2-22-12/h1-2,23H,3H2. The van der Waals surface area contributed by atoms with Crippen LogP contribution in [0.3, 0.4) is 0 Å². The Morgan fingerprint density at radius 3 is 1.83 bits per heavy atom. The van der Waals surface area contributed by atoms with Gasteiger partial charge in [-0.2, -0.15) is 13.2 Å². The molecule has 1 aromatic carbocycles. The first-order chi connectivity index (χ1) is 10.6. The summed E-state index contributed by atoms with van der Waals surface area (Å²) >= 11 is 29.6. The molecule has 0 radical (unpaired) electrons. The Bertz CT molecular complexity index is 750. The van der Waals surface area contributed by atoms with Gasteiger partial charge in [-0.3, -0.25) is 4.98 Å². The molecule has 23 heavy (non-hydrogen) atoms. The largest absolute Gasteiger partial charge is 0.418 e. The number of alkyl halides is 3. The molecule has 2 rings (SSSR count). The number of aromatic nitrogens is 1. The van der Waals surface area contributed by atoms with Gasteiger partial charge < -0.3 is 5.11 Å². The van der Waals surface area contributed by atoms with E-state index in [1.165, 1.54) is 0 Å². The highest BCUT2D eigenvalue weighted by Gasteiger charge is 2.38. The van der Waals surface area contributed by atoms with E-state index in [4.69, 9.17) is 58.0 Å². The number of hydrogen-bond acceptors (Lipinski definition) is 2. The lowest BCUT2D eigenvalue weighted by molar-refractivity contribution is -0.138. The molecule has 0 saturated heterocycles. The van der Waals surface area contributed by atoms with Crippen LogP contribution in [0.1, 0.15) is 11.1 Å². The fourth-order valence-corrected chi connectivity index (χ4v) is 3.27. The van der Waals surface area contributed by atoms with Gasteiger partial charge in [0, 0.05) is 11.8 Å². The summed E-state index contributed by atoms with van der Waals surface area (Å²) in [4.78, 5) is 3.70. The molecule has 0 spiro atoms. The van der Waals surface area contributed by atoms with Crippen LogP contribution >= 0.6 is 58.0 Å². The van der Waals surface area contributed by atoms with Crippen LogP contribution in [-0.2, 0) is 12.8 Å². The molecule has 10 heteroatoms. The van der Waals surface area contributed by atoms with Crippen LogP contribution in [0.2, 0.25) is 25.1 Å². The second kappa shape index (κ2) is 6.82. The highest BCUT2D eigenvalue weighted by atomic mass is 35.5. The Balaban J connectivity index is 2.95. The quantitative estimate of drug-likeness (QED) is 0.439. The third-order valence-electron chi connectivity index (χ3n) is 2.94. The zero-order valence-corrected chi connectivity index (χ0v) is 14.6. The smallest absolute Gasteiger partial charge is 0.392 e. The average Bonchev–Trinajstić information content (AvgIpc) is 2.50. The van der Waals surface area contributed by atoms with Gasteiger partial charge in [0.25, 0.3) is 0 Å². The summed E-state index contributed by atoms with van der Waals surface area (Å²) in [7, 11) is 0. The Morgan fingerprint density at radius 2 is 1.39 bits per heavy atom. The fourth-order valence-electron chi connectivity index (χ4n) is 1.95. The number of nitrogens with zero attached hydrogens (tertiary/aromatic N) is 1.